The summed E-state index contributed by atoms with van der Waals surface area (Å²) in [6.07, 6.45) is 6.09. The SMILES string of the molecule is CCCCCCOc1ccccc1C1Nc2ccc(Br)cc2-c2nnc(SC)nc2O1. The van der Waals surface area contributed by atoms with Crippen molar-refractivity contribution >= 4 is 33.4 Å². The van der Waals surface area contributed by atoms with Crippen molar-refractivity contribution in [2.24, 2.45) is 0 Å². The highest BCUT2D eigenvalue weighted by molar-refractivity contribution is 9.10. The molecule has 162 valence electrons. The second-order valence-electron chi connectivity index (χ2n) is 7.23. The van der Waals surface area contributed by atoms with Gasteiger partial charge in [0.15, 0.2) is 5.69 Å². The van der Waals surface area contributed by atoms with Gasteiger partial charge in [-0.05, 0) is 43.0 Å². The van der Waals surface area contributed by atoms with Gasteiger partial charge in [0.2, 0.25) is 17.3 Å². The molecule has 3 aromatic rings. The number of aromatic nitrogens is 3. The van der Waals surface area contributed by atoms with Gasteiger partial charge in [-0.15, -0.1) is 10.2 Å². The highest BCUT2D eigenvalue weighted by Gasteiger charge is 2.28. The Morgan fingerprint density at radius 3 is 2.84 bits per heavy atom. The quantitative estimate of drug-likeness (QED) is 0.280. The Kier molecular flexibility index (Phi) is 7.29. The molecule has 0 saturated carbocycles. The molecule has 31 heavy (non-hydrogen) atoms. The van der Waals surface area contributed by atoms with Gasteiger partial charge in [0.1, 0.15) is 5.75 Å². The number of thioether (sulfide) groups is 1. The molecule has 0 bridgehead atoms. The number of anilines is 1. The van der Waals surface area contributed by atoms with Crippen LogP contribution < -0.4 is 14.8 Å². The van der Waals surface area contributed by atoms with Crippen LogP contribution in [0.15, 0.2) is 52.1 Å². The molecule has 4 rings (SSSR count). The smallest absolute Gasteiger partial charge is 0.247 e. The number of rotatable bonds is 8. The molecule has 1 N–H and O–H groups in total. The van der Waals surface area contributed by atoms with Crippen LogP contribution in [0.4, 0.5) is 5.69 Å². The first-order valence-corrected chi connectivity index (χ1v) is 12.4. The minimum absolute atomic E-state index is 0.450. The number of unbranched alkanes of at least 4 members (excludes halogenated alkanes) is 3. The first-order valence-electron chi connectivity index (χ1n) is 10.4. The van der Waals surface area contributed by atoms with E-state index in [0.717, 1.165) is 33.5 Å². The molecule has 1 unspecified atom stereocenters. The number of hydrogen-bond donors (Lipinski definition) is 1. The number of benzene rings is 2. The standard InChI is InChI=1S/C23H25BrN4O2S/c1-3-4-5-8-13-29-19-10-7-6-9-16(19)21-25-18-12-11-15(24)14-17(18)20-22(30-21)26-23(31-2)28-27-20/h6-7,9-12,14,21,25H,3-5,8,13H2,1-2H3. The van der Waals surface area contributed by atoms with Gasteiger partial charge >= 0.3 is 0 Å². The summed E-state index contributed by atoms with van der Waals surface area (Å²) < 4.78 is 13.4. The zero-order valence-corrected chi connectivity index (χ0v) is 20.0. The van der Waals surface area contributed by atoms with Gasteiger partial charge in [-0.1, -0.05) is 66.0 Å². The summed E-state index contributed by atoms with van der Waals surface area (Å²) in [4.78, 5) is 4.59. The number of para-hydroxylation sites is 1. The van der Waals surface area contributed by atoms with Crippen molar-refractivity contribution in [2.75, 3.05) is 18.2 Å². The summed E-state index contributed by atoms with van der Waals surface area (Å²) in [6, 6.07) is 14.0. The van der Waals surface area contributed by atoms with Crippen molar-refractivity contribution in [1.29, 1.82) is 0 Å². The second kappa shape index (κ2) is 10.3. The third-order valence-electron chi connectivity index (χ3n) is 5.03. The third kappa shape index (κ3) is 5.13. The van der Waals surface area contributed by atoms with E-state index in [9.17, 15) is 0 Å². The van der Waals surface area contributed by atoms with Crippen molar-refractivity contribution in [2.45, 2.75) is 44.0 Å². The predicted molar refractivity (Wildman–Crippen MR) is 128 cm³/mol. The van der Waals surface area contributed by atoms with Crippen LogP contribution in [0.2, 0.25) is 0 Å². The molecule has 1 aliphatic heterocycles. The average Bonchev–Trinajstić information content (AvgIpc) is 2.95. The molecule has 0 aliphatic carbocycles. The first kappa shape index (κ1) is 21.9. The number of nitrogens with zero attached hydrogens (tertiary/aromatic N) is 3. The van der Waals surface area contributed by atoms with E-state index in [-0.39, 0.29) is 0 Å². The van der Waals surface area contributed by atoms with Crippen LogP contribution in [0.5, 0.6) is 11.6 Å². The average molecular weight is 501 g/mol. The summed E-state index contributed by atoms with van der Waals surface area (Å²) in [5.41, 5.74) is 3.32. The number of hydrogen-bond acceptors (Lipinski definition) is 7. The lowest BCUT2D eigenvalue weighted by atomic mass is 10.1. The maximum absolute atomic E-state index is 6.36. The van der Waals surface area contributed by atoms with Crippen molar-refractivity contribution < 1.29 is 9.47 Å². The zero-order chi connectivity index (χ0) is 21.6. The molecule has 0 saturated heterocycles. The Morgan fingerprint density at radius 1 is 1.13 bits per heavy atom. The summed E-state index contributed by atoms with van der Waals surface area (Å²) in [7, 11) is 0. The fourth-order valence-corrected chi connectivity index (χ4v) is 4.09. The Labute approximate surface area is 195 Å². The van der Waals surface area contributed by atoms with Crippen molar-refractivity contribution in [3.8, 4) is 22.9 Å². The summed E-state index contributed by atoms with van der Waals surface area (Å²) in [5.74, 6) is 1.26. The fraction of sp³-hybridized carbons (Fsp3) is 0.348. The summed E-state index contributed by atoms with van der Waals surface area (Å²) >= 11 is 4.98. The highest BCUT2D eigenvalue weighted by Crippen LogP contribution is 2.42. The van der Waals surface area contributed by atoms with Gasteiger partial charge in [-0.25, -0.2) is 0 Å². The van der Waals surface area contributed by atoms with E-state index in [0.29, 0.717) is 23.3 Å². The van der Waals surface area contributed by atoms with Crippen molar-refractivity contribution in [3.63, 3.8) is 0 Å². The molecule has 2 heterocycles. The van der Waals surface area contributed by atoms with Gasteiger partial charge in [0.05, 0.1) is 12.2 Å². The highest BCUT2D eigenvalue weighted by atomic mass is 79.9. The molecule has 2 aromatic carbocycles. The van der Waals surface area contributed by atoms with Gasteiger partial charge in [0.25, 0.3) is 0 Å². The van der Waals surface area contributed by atoms with Crippen LogP contribution in [0.25, 0.3) is 11.3 Å². The number of fused-ring (bicyclic) bond motifs is 3. The molecule has 1 aromatic heterocycles. The minimum Gasteiger partial charge on any atom is -0.493 e. The number of halogens is 1. The van der Waals surface area contributed by atoms with E-state index in [1.165, 1.54) is 31.0 Å². The molecular formula is C23H25BrN4O2S. The lowest BCUT2D eigenvalue weighted by molar-refractivity contribution is 0.215. The van der Waals surface area contributed by atoms with E-state index in [2.05, 4.69) is 43.4 Å². The Hall–Kier alpha value is -2.32. The lowest BCUT2D eigenvalue weighted by Gasteiger charge is -2.22. The normalized spacial score (nSPS) is 14.6. The first-order chi connectivity index (χ1) is 15.2. The maximum atomic E-state index is 6.36. The number of nitrogens with one attached hydrogen (secondary N) is 1. The number of ether oxygens (including phenoxy) is 2. The molecule has 8 heteroatoms. The zero-order valence-electron chi connectivity index (χ0n) is 17.6. The van der Waals surface area contributed by atoms with Crippen molar-refractivity contribution in [3.05, 3.63) is 52.5 Å². The molecule has 0 fully saturated rings. The van der Waals surface area contributed by atoms with Crippen LogP contribution in [-0.4, -0.2) is 28.0 Å². The molecule has 0 amide bonds. The Balaban J connectivity index is 1.68. The van der Waals surface area contributed by atoms with Crippen LogP contribution in [0.3, 0.4) is 0 Å². The summed E-state index contributed by atoms with van der Waals surface area (Å²) in [5, 5.41) is 12.7. The van der Waals surface area contributed by atoms with Crippen molar-refractivity contribution in [1.82, 2.24) is 15.2 Å². The van der Waals surface area contributed by atoms with Gasteiger partial charge < -0.3 is 14.8 Å². The fourth-order valence-electron chi connectivity index (χ4n) is 3.44. The van der Waals surface area contributed by atoms with E-state index in [1.807, 2.05) is 48.7 Å². The van der Waals surface area contributed by atoms with Crippen LogP contribution in [0, 0.1) is 0 Å². The van der Waals surface area contributed by atoms with E-state index < -0.39 is 6.23 Å². The molecule has 6 nitrogen and oxygen atoms in total. The Morgan fingerprint density at radius 2 is 2.00 bits per heavy atom. The largest absolute Gasteiger partial charge is 0.493 e. The van der Waals surface area contributed by atoms with Crippen LogP contribution >= 0.6 is 27.7 Å². The lowest BCUT2D eigenvalue weighted by Crippen LogP contribution is -2.18. The monoisotopic (exact) mass is 500 g/mol. The van der Waals surface area contributed by atoms with Gasteiger partial charge in [0, 0.05) is 15.7 Å². The van der Waals surface area contributed by atoms with E-state index in [1.54, 1.807) is 0 Å². The van der Waals surface area contributed by atoms with Crippen LogP contribution in [0.1, 0.15) is 44.4 Å². The molecule has 0 spiro atoms. The Bertz CT molecular complexity index is 1050. The molecule has 0 radical (unpaired) electrons. The van der Waals surface area contributed by atoms with Crippen LogP contribution in [-0.2, 0) is 0 Å². The van der Waals surface area contributed by atoms with Gasteiger partial charge in [-0.3, -0.25) is 0 Å². The van der Waals surface area contributed by atoms with E-state index in [4.69, 9.17) is 9.47 Å². The van der Waals surface area contributed by atoms with E-state index >= 15 is 0 Å². The summed E-state index contributed by atoms with van der Waals surface area (Å²) in [6.45, 7) is 2.89. The topological polar surface area (TPSA) is 69.2 Å². The van der Waals surface area contributed by atoms with Gasteiger partial charge in [-0.2, -0.15) is 4.98 Å². The second-order valence-corrected chi connectivity index (χ2v) is 8.92. The molecular weight excluding hydrogens is 476 g/mol. The molecule has 1 aliphatic rings. The molecule has 1 atom stereocenters. The predicted octanol–water partition coefficient (Wildman–Crippen LogP) is 6.49. The minimum atomic E-state index is -0.473. The maximum Gasteiger partial charge on any atom is 0.247 e. The third-order valence-corrected chi connectivity index (χ3v) is 6.06.